The highest BCUT2D eigenvalue weighted by Gasteiger charge is 2.09. The first-order valence-corrected chi connectivity index (χ1v) is 7.41. The largest absolute Gasteiger partial charge is 0.310 e. The summed E-state index contributed by atoms with van der Waals surface area (Å²) < 4.78 is 0. The van der Waals surface area contributed by atoms with Crippen LogP contribution in [-0.4, -0.2) is 16.2 Å². The molecule has 0 bridgehead atoms. The molecule has 0 saturated heterocycles. The molecule has 0 aliphatic heterocycles. The smallest absolute Gasteiger partial charge is 0.268 e. The normalized spacial score (nSPS) is 12.4. The fraction of sp³-hybridized carbons (Fsp3) is 0.412. The van der Waals surface area contributed by atoms with Crippen molar-refractivity contribution in [2.75, 3.05) is 0 Å². The summed E-state index contributed by atoms with van der Waals surface area (Å²) in [6.07, 6.45) is 1.03. The van der Waals surface area contributed by atoms with Crippen LogP contribution in [0.1, 0.15) is 37.0 Å². The van der Waals surface area contributed by atoms with Gasteiger partial charge >= 0.3 is 0 Å². The molecular formula is C17H23N3O. The number of aromatic nitrogens is 2. The van der Waals surface area contributed by atoms with Crippen LogP contribution in [0, 0.1) is 13.8 Å². The fourth-order valence-corrected chi connectivity index (χ4v) is 2.16. The third-order valence-electron chi connectivity index (χ3n) is 3.80. The van der Waals surface area contributed by atoms with Crippen LogP contribution in [0.15, 0.2) is 29.1 Å². The Morgan fingerprint density at radius 3 is 2.76 bits per heavy atom. The first-order valence-electron chi connectivity index (χ1n) is 7.41. The lowest BCUT2D eigenvalue weighted by molar-refractivity contribution is 0.531. The van der Waals surface area contributed by atoms with Gasteiger partial charge in [0, 0.05) is 23.7 Å². The van der Waals surface area contributed by atoms with E-state index in [0.717, 1.165) is 28.8 Å². The van der Waals surface area contributed by atoms with Crippen molar-refractivity contribution in [3.63, 3.8) is 0 Å². The van der Waals surface area contributed by atoms with Gasteiger partial charge < -0.3 is 5.32 Å². The number of rotatable bonds is 5. The third kappa shape index (κ3) is 3.79. The van der Waals surface area contributed by atoms with E-state index in [4.69, 9.17) is 0 Å². The second-order valence-electron chi connectivity index (χ2n) is 5.62. The van der Waals surface area contributed by atoms with E-state index in [1.807, 2.05) is 6.07 Å². The lowest BCUT2D eigenvalue weighted by atomic mass is 10.0. The number of aromatic amines is 1. The van der Waals surface area contributed by atoms with E-state index in [9.17, 15) is 4.79 Å². The van der Waals surface area contributed by atoms with E-state index in [1.165, 1.54) is 5.56 Å². The van der Waals surface area contributed by atoms with Crippen LogP contribution in [0.25, 0.3) is 11.3 Å². The van der Waals surface area contributed by atoms with Crippen molar-refractivity contribution >= 4 is 0 Å². The molecule has 1 heterocycles. The molecule has 1 aromatic heterocycles. The molecule has 0 saturated carbocycles. The van der Waals surface area contributed by atoms with Gasteiger partial charge in [0.15, 0.2) is 0 Å². The number of hydrogen-bond acceptors (Lipinski definition) is 3. The fourth-order valence-electron chi connectivity index (χ4n) is 2.16. The second-order valence-corrected chi connectivity index (χ2v) is 5.62. The predicted octanol–water partition coefficient (Wildman–Crippen LogP) is 2.94. The van der Waals surface area contributed by atoms with Crippen LogP contribution < -0.4 is 10.9 Å². The molecule has 2 N–H and O–H groups in total. The molecule has 1 atom stereocenters. The Bertz CT molecular complexity index is 676. The van der Waals surface area contributed by atoms with Gasteiger partial charge in [-0.15, -0.1) is 0 Å². The van der Waals surface area contributed by atoms with Gasteiger partial charge in [0.2, 0.25) is 0 Å². The quantitative estimate of drug-likeness (QED) is 0.888. The van der Waals surface area contributed by atoms with Gasteiger partial charge in [-0.05, 0) is 44.9 Å². The van der Waals surface area contributed by atoms with Crippen molar-refractivity contribution in [1.82, 2.24) is 15.5 Å². The summed E-state index contributed by atoms with van der Waals surface area (Å²) in [5.41, 5.74) is 4.82. The number of hydrogen-bond donors (Lipinski definition) is 2. The number of aryl methyl sites for hydroxylation is 2. The van der Waals surface area contributed by atoms with E-state index in [2.05, 4.69) is 61.4 Å². The standard InChI is InChI=1S/C17H23N3O/c1-5-13(4)18-10-14-9-16(19-20-17(14)21)15-8-11(2)6-7-12(15)3/h6-9,13,18H,5,10H2,1-4H3,(H,20,21). The molecule has 1 unspecified atom stereocenters. The van der Waals surface area contributed by atoms with Crippen LogP contribution in [0.4, 0.5) is 0 Å². The molecule has 2 rings (SSSR count). The van der Waals surface area contributed by atoms with Crippen molar-refractivity contribution in [1.29, 1.82) is 0 Å². The van der Waals surface area contributed by atoms with E-state index in [1.54, 1.807) is 0 Å². The Hall–Kier alpha value is -1.94. The van der Waals surface area contributed by atoms with Crippen molar-refractivity contribution in [3.05, 3.63) is 51.3 Å². The SMILES string of the molecule is CCC(C)NCc1cc(-c2cc(C)ccc2C)n[nH]c1=O. The van der Waals surface area contributed by atoms with E-state index in [-0.39, 0.29) is 5.56 Å². The van der Waals surface area contributed by atoms with Gasteiger partial charge in [-0.1, -0.05) is 24.6 Å². The first-order chi connectivity index (χ1) is 10.0. The molecule has 0 radical (unpaired) electrons. The van der Waals surface area contributed by atoms with Gasteiger partial charge in [0.25, 0.3) is 5.56 Å². The minimum atomic E-state index is -0.125. The number of H-pyrrole nitrogens is 1. The maximum Gasteiger partial charge on any atom is 0.268 e. The van der Waals surface area contributed by atoms with Crippen LogP contribution in [0.3, 0.4) is 0 Å². The van der Waals surface area contributed by atoms with E-state index >= 15 is 0 Å². The molecular weight excluding hydrogens is 262 g/mol. The molecule has 0 aliphatic rings. The summed E-state index contributed by atoms with van der Waals surface area (Å²) in [5.74, 6) is 0. The van der Waals surface area contributed by atoms with Crippen molar-refractivity contribution in [2.45, 2.75) is 46.7 Å². The predicted molar refractivity (Wildman–Crippen MR) is 86.4 cm³/mol. The van der Waals surface area contributed by atoms with Crippen LogP contribution in [-0.2, 0) is 6.54 Å². The maximum atomic E-state index is 11.9. The molecule has 0 aliphatic carbocycles. The summed E-state index contributed by atoms with van der Waals surface area (Å²) in [6.45, 7) is 8.90. The average molecular weight is 285 g/mol. The molecule has 0 spiro atoms. The minimum Gasteiger partial charge on any atom is -0.310 e. The summed E-state index contributed by atoms with van der Waals surface area (Å²) in [7, 11) is 0. The molecule has 0 amide bonds. The maximum absolute atomic E-state index is 11.9. The zero-order valence-electron chi connectivity index (χ0n) is 13.2. The Morgan fingerprint density at radius 2 is 2.05 bits per heavy atom. The van der Waals surface area contributed by atoms with E-state index < -0.39 is 0 Å². The van der Waals surface area contributed by atoms with Gasteiger partial charge in [-0.2, -0.15) is 5.10 Å². The first kappa shape index (κ1) is 15.4. The highest BCUT2D eigenvalue weighted by atomic mass is 16.1. The number of nitrogens with zero attached hydrogens (tertiary/aromatic N) is 1. The Balaban J connectivity index is 2.34. The molecule has 0 fully saturated rings. The monoisotopic (exact) mass is 285 g/mol. The Labute approximate surface area is 125 Å². The van der Waals surface area contributed by atoms with Gasteiger partial charge in [-0.25, -0.2) is 5.10 Å². The molecule has 1 aromatic carbocycles. The minimum absolute atomic E-state index is 0.125. The van der Waals surface area contributed by atoms with Crippen LogP contribution in [0.2, 0.25) is 0 Å². The lowest BCUT2D eigenvalue weighted by Gasteiger charge is -2.12. The average Bonchev–Trinajstić information content (AvgIpc) is 2.48. The Kier molecular flexibility index (Phi) is 4.91. The van der Waals surface area contributed by atoms with E-state index in [0.29, 0.717) is 12.6 Å². The summed E-state index contributed by atoms with van der Waals surface area (Å²) in [4.78, 5) is 11.9. The number of benzene rings is 1. The van der Waals surface area contributed by atoms with Gasteiger partial charge in [0.1, 0.15) is 0 Å². The van der Waals surface area contributed by atoms with Gasteiger partial charge in [0.05, 0.1) is 5.69 Å². The van der Waals surface area contributed by atoms with Crippen LogP contribution in [0.5, 0.6) is 0 Å². The van der Waals surface area contributed by atoms with Gasteiger partial charge in [-0.3, -0.25) is 4.79 Å². The molecule has 112 valence electrons. The topological polar surface area (TPSA) is 57.8 Å². The molecule has 21 heavy (non-hydrogen) atoms. The van der Waals surface area contributed by atoms with Crippen molar-refractivity contribution in [3.8, 4) is 11.3 Å². The summed E-state index contributed by atoms with van der Waals surface area (Å²) in [5, 5.41) is 10.1. The van der Waals surface area contributed by atoms with Crippen molar-refractivity contribution in [2.24, 2.45) is 0 Å². The summed E-state index contributed by atoms with van der Waals surface area (Å²) in [6, 6.07) is 8.53. The second kappa shape index (κ2) is 6.68. The zero-order valence-corrected chi connectivity index (χ0v) is 13.2. The van der Waals surface area contributed by atoms with Crippen LogP contribution >= 0.6 is 0 Å². The third-order valence-corrected chi connectivity index (χ3v) is 3.80. The summed E-state index contributed by atoms with van der Waals surface area (Å²) >= 11 is 0. The highest BCUT2D eigenvalue weighted by Crippen LogP contribution is 2.22. The zero-order chi connectivity index (χ0) is 15.4. The number of nitrogens with one attached hydrogen (secondary N) is 2. The highest BCUT2D eigenvalue weighted by molar-refractivity contribution is 5.64. The molecule has 4 heteroatoms. The molecule has 4 nitrogen and oxygen atoms in total. The lowest BCUT2D eigenvalue weighted by Crippen LogP contribution is -2.28. The Morgan fingerprint density at radius 1 is 1.29 bits per heavy atom. The van der Waals surface area contributed by atoms with Crippen molar-refractivity contribution < 1.29 is 0 Å². The molecule has 2 aromatic rings.